The van der Waals surface area contributed by atoms with Crippen molar-refractivity contribution in [3.8, 4) is 0 Å². The zero-order valence-corrected chi connectivity index (χ0v) is 9.64. The predicted molar refractivity (Wildman–Crippen MR) is 58.8 cm³/mol. The molecule has 3 unspecified atom stereocenters. The van der Waals surface area contributed by atoms with Crippen LogP contribution in [0, 0.1) is 5.92 Å². The highest BCUT2D eigenvalue weighted by atomic mass is 32.2. The molecule has 1 heterocycles. The van der Waals surface area contributed by atoms with E-state index in [1.54, 1.807) is 11.3 Å². The lowest BCUT2D eigenvalue weighted by Crippen LogP contribution is -2.16. The summed E-state index contributed by atoms with van der Waals surface area (Å²) >= 11 is -0.348. The summed E-state index contributed by atoms with van der Waals surface area (Å²) < 4.78 is 20.9. The van der Waals surface area contributed by atoms with Crippen LogP contribution in [0.25, 0.3) is 0 Å². The summed E-state index contributed by atoms with van der Waals surface area (Å²) in [6.07, 6.45) is 0.717. The molecule has 80 valence electrons. The zero-order chi connectivity index (χ0) is 10.6. The van der Waals surface area contributed by atoms with Crippen molar-refractivity contribution in [2.24, 2.45) is 11.7 Å². The maximum Gasteiger partial charge on any atom is 0.0392 e. The van der Waals surface area contributed by atoms with Gasteiger partial charge in [0.2, 0.25) is 0 Å². The highest BCUT2D eigenvalue weighted by Gasteiger charge is 2.11. The molecule has 0 aromatic carbocycles. The van der Waals surface area contributed by atoms with Crippen LogP contribution in [0.2, 0.25) is 0 Å². The number of rotatable bonds is 5. The molecule has 0 fully saturated rings. The molecule has 1 aromatic rings. The smallest absolute Gasteiger partial charge is 0.0392 e. The van der Waals surface area contributed by atoms with Crippen LogP contribution in [0.4, 0.5) is 0 Å². The SMILES string of the molecule is CC(CC(N)c1cccs1)CS(=O)[O-]. The van der Waals surface area contributed by atoms with Crippen molar-refractivity contribution in [3.05, 3.63) is 22.4 Å². The predicted octanol–water partition coefficient (Wildman–Crippen LogP) is 1.65. The highest BCUT2D eigenvalue weighted by molar-refractivity contribution is 7.79. The summed E-state index contributed by atoms with van der Waals surface area (Å²) in [4.78, 5) is 1.12. The summed E-state index contributed by atoms with van der Waals surface area (Å²) in [6, 6.07) is 3.90. The molecule has 0 bridgehead atoms. The molecule has 0 radical (unpaired) electrons. The first kappa shape index (κ1) is 11.8. The standard InChI is InChI=1S/C9H15NO2S2/c1-7(6-14(11)12)5-8(10)9-3-2-4-13-9/h2-4,7-8H,5-6,10H2,1H3,(H,11,12)/p-1. The van der Waals surface area contributed by atoms with Crippen LogP contribution in [0.5, 0.6) is 0 Å². The average Bonchev–Trinajstić information content (AvgIpc) is 2.53. The lowest BCUT2D eigenvalue weighted by Gasteiger charge is -2.17. The lowest BCUT2D eigenvalue weighted by atomic mass is 10.0. The Labute approximate surface area is 90.6 Å². The van der Waals surface area contributed by atoms with Crippen LogP contribution in [0.15, 0.2) is 17.5 Å². The Hall–Kier alpha value is -0.230. The van der Waals surface area contributed by atoms with E-state index in [9.17, 15) is 8.76 Å². The normalized spacial score (nSPS) is 17.6. The van der Waals surface area contributed by atoms with Crippen LogP contribution >= 0.6 is 11.3 Å². The monoisotopic (exact) mass is 232 g/mol. The third-order valence-corrected chi connectivity index (χ3v) is 3.83. The number of nitrogens with two attached hydrogens (primary N) is 1. The molecule has 0 saturated heterocycles. The van der Waals surface area contributed by atoms with Crippen molar-refractivity contribution in [1.82, 2.24) is 0 Å². The van der Waals surface area contributed by atoms with Crippen molar-refractivity contribution in [2.45, 2.75) is 19.4 Å². The average molecular weight is 232 g/mol. The van der Waals surface area contributed by atoms with Crippen LogP contribution in [0.1, 0.15) is 24.3 Å². The van der Waals surface area contributed by atoms with E-state index in [4.69, 9.17) is 5.73 Å². The molecule has 0 aliphatic heterocycles. The van der Waals surface area contributed by atoms with Crippen molar-refractivity contribution in [3.63, 3.8) is 0 Å². The van der Waals surface area contributed by atoms with Gasteiger partial charge in [-0.1, -0.05) is 24.1 Å². The Morgan fingerprint density at radius 2 is 2.43 bits per heavy atom. The van der Waals surface area contributed by atoms with Gasteiger partial charge in [-0.3, -0.25) is 4.21 Å². The molecule has 0 aliphatic carbocycles. The zero-order valence-electron chi connectivity index (χ0n) is 8.01. The Morgan fingerprint density at radius 3 is 2.93 bits per heavy atom. The Balaban J connectivity index is 2.41. The van der Waals surface area contributed by atoms with Gasteiger partial charge in [-0.25, -0.2) is 0 Å². The highest BCUT2D eigenvalue weighted by Crippen LogP contribution is 2.23. The molecular formula is C9H14NO2S2-. The van der Waals surface area contributed by atoms with Crippen LogP contribution < -0.4 is 5.73 Å². The van der Waals surface area contributed by atoms with E-state index in [-0.39, 0.29) is 17.7 Å². The van der Waals surface area contributed by atoms with E-state index >= 15 is 0 Å². The molecular weight excluding hydrogens is 218 g/mol. The van der Waals surface area contributed by atoms with Crippen molar-refractivity contribution >= 4 is 22.4 Å². The number of thiophene rings is 1. The van der Waals surface area contributed by atoms with E-state index in [1.165, 1.54) is 0 Å². The summed E-state index contributed by atoms with van der Waals surface area (Å²) in [6.45, 7) is 1.91. The van der Waals surface area contributed by atoms with Gasteiger partial charge in [0, 0.05) is 16.7 Å². The Morgan fingerprint density at radius 1 is 1.71 bits per heavy atom. The first-order valence-electron chi connectivity index (χ1n) is 4.44. The van der Waals surface area contributed by atoms with Gasteiger partial charge in [0.05, 0.1) is 0 Å². The van der Waals surface area contributed by atoms with Crippen LogP contribution in [-0.2, 0) is 11.1 Å². The van der Waals surface area contributed by atoms with E-state index in [0.29, 0.717) is 6.42 Å². The van der Waals surface area contributed by atoms with E-state index in [0.717, 1.165) is 4.88 Å². The molecule has 0 amide bonds. The second kappa shape index (κ2) is 5.60. The van der Waals surface area contributed by atoms with E-state index < -0.39 is 11.1 Å². The number of hydrogen-bond donors (Lipinski definition) is 1. The second-order valence-corrected chi connectivity index (χ2v) is 5.35. The third-order valence-electron chi connectivity index (χ3n) is 1.99. The first-order chi connectivity index (χ1) is 6.59. The summed E-state index contributed by atoms with van der Waals surface area (Å²) in [7, 11) is 0. The molecule has 3 atom stereocenters. The maximum atomic E-state index is 10.4. The van der Waals surface area contributed by atoms with Crippen LogP contribution in [0.3, 0.4) is 0 Å². The molecule has 5 heteroatoms. The van der Waals surface area contributed by atoms with Gasteiger partial charge < -0.3 is 10.3 Å². The van der Waals surface area contributed by atoms with Gasteiger partial charge in [0.1, 0.15) is 0 Å². The molecule has 0 saturated carbocycles. The molecule has 3 nitrogen and oxygen atoms in total. The van der Waals surface area contributed by atoms with Gasteiger partial charge in [-0.15, -0.1) is 11.3 Å². The van der Waals surface area contributed by atoms with Crippen molar-refractivity contribution in [2.75, 3.05) is 5.75 Å². The van der Waals surface area contributed by atoms with Crippen molar-refractivity contribution < 1.29 is 8.76 Å². The molecule has 0 spiro atoms. The minimum absolute atomic E-state index is 0.0338. The summed E-state index contributed by atoms with van der Waals surface area (Å²) in [5, 5.41) is 1.98. The lowest BCUT2D eigenvalue weighted by molar-refractivity contribution is 0.486. The van der Waals surface area contributed by atoms with Gasteiger partial charge in [0.25, 0.3) is 0 Å². The fourth-order valence-corrected chi connectivity index (χ4v) is 2.70. The molecule has 2 N–H and O–H groups in total. The van der Waals surface area contributed by atoms with Gasteiger partial charge in [0.15, 0.2) is 0 Å². The van der Waals surface area contributed by atoms with Crippen molar-refractivity contribution in [1.29, 1.82) is 0 Å². The van der Waals surface area contributed by atoms with Gasteiger partial charge in [-0.05, 0) is 23.8 Å². The van der Waals surface area contributed by atoms with Gasteiger partial charge >= 0.3 is 0 Å². The first-order valence-corrected chi connectivity index (χ1v) is 6.56. The topological polar surface area (TPSA) is 66.2 Å². The summed E-state index contributed by atoms with van der Waals surface area (Å²) in [5.74, 6) is 0.310. The Kier molecular flexibility index (Phi) is 4.74. The third kappa shape index (κ3) is 3.88. The molecule has 14 heavy (non-hydrogen) atoms. The molecule has 0 aliphatic rings. The maximum absolute atomic E-state index is 10.4. The fraction of sp³-hybridized carbons (Fsp3) is 0.556. The minimum Gasteiger partial charge on any atom is -0.772 e. The van der Waals surface area contributed by atoms with E-state index in [1.807, 2.05) is 24.4 Å². The number of hydrogen-bond acceptors (Lipinski definition) is 4. The second-order valence-electron chi connectivity index (χ2n) is 3.43. The van der Waals surface area contributed by atoms with Crippen LogP contribution in [-0.4, -0.2) is 14.5 Å². The van der Waals surface area contributed by atoms with E-state index in [2.05, 4.69) is 0 Å². The fourth-order valence-electron chi connectivity index (χ4n) is 1.35. The summed E-state index contributed by atoms with van der Waals surface area (Å²) in [5.41, 5.74) is 5.93. The molecule has 1 aromatic heterocycles. The van der Waals surface area contributed by atoms with Gasteiger partial charge in [-0.2, -0.15) is 0 Å². The molecule has 1 rings (SSSR count). The minimum atomic E-state index is -1.96. The largest absolute Gasteiger partial charge is 0.772 e. The Bertz CT molecular complexity index is 287. The quantitative estimate of drug-likeness (QED) is 0.785.